The molecule has 0 amide bonds. The molecule has 0 spiro atoms. The molecule has 0 aliphatic carbocycles. The maximum atomic E-state index is 13.1. The molecule has 0 saturated carbocycles. The zero-order chi connectivity index (χ0) is 24.9. The number of nitrogens with zero attached hydrogens (tertiary/aromatic N) is 3. The minimum Gasteiger partial charge on any atom is -0.506 e. The molecule has 0 saturated heterocycles. The van der Waals surface area contributed by atoms with Gasteiger partial charge in [-0.15, -0.1) is 10.2 Å². The van der Waals surface area contributed by atoms with Crippen LogP contribution in [0.15, 0.2) is 56.6 Å². The summed E-state index contributed by atoms with van der Waals surface area (Å²) in [6.07, 6.45) is 3.78. The number of ether oxygens (including phenoxy) is 2. The van der Waals surface area contributed by atoms with Gasteiger partial charge in [0.1, 0.15) is 29.4 Å². The molecule has 0 aliphatic heterocycles. The number of hydrogen-bond acceptors (Lipinski definition) is 8. The van der Waals surface area contributed by atoms with Crippen molar-refractivity contribution >= 4 is 0 Å². The number of aromatic amines is 1. The van der Waals surface area contributed by atoms with E-state index >= 15 is 0 Å². The van der Waals surface area contributed by atoms with Gasteiger partial charge < -0.3 is 28.5 Å². The first-order valence-corrected chi connectivity index (χ1v) is 11.2. The molecular formula is C25H26N4O6. The zero-order valence-electron chi connectivity index (χ0n) is 19.7. The summed E-state index contributed by atoms with van der Waals surface area (Å²) >= 11 is 0. The van der Waals surface area contributed by atoms with Gasteiger partial charge in [-0.3, -0.25) is 9.59 Å². The van der Waals surface area contributed by atoms with E-state index in [2.05, 4.69) is 15.2 Å². The van der Waals surface area contributed by atoms with Crippen LogP contribution in [0.25, 0.3) is 22.6 Å². The van der Waals surface area contributed by atoms with Crippen LogP contribution in [0.3, 0.4) is 0 Å². The molecule has 10 heteroatoms. The Balaban J connectivity index is 1.89. The monoisotopic (exact) mass is 478 g/mol. The lowest BCUT2D eigenvalue weighted by Gasteiger charge is -2.18. The van der Waals surface area contributed by atoms with Crippen LogP contribution in [0.5, 0.6) is 17.2 Å². The number of aryl methyl sites for hydroxylation is 1. The van der Waals surface area contributed by atoms with E-state index in [9.17, 15) is 14.7 Å². The van der Waals surface area contributed by atoms with Gasteiger partial charge in [0.15, 0.2) is 0 Å². The summed E-state index contributed by atoms with van der Waals surface area (Å²) in [5, 5.41) is 19.4. The molecule has 182 valence electrons. The number of H-pyrrole nitrogens is 1. The fourth-order valence-corrected chi connectivity index (χ4v) is 3.90. The molecule has 35 heavy (non-hydrogen) atoms. The number of aromatic nitrogens is 4. The Bertz CT molecular complexity index is 1430. The Hall–Kier alpha value is -4.34. The van der Waals surface area contributed by atoms with Crippen molar-refractivity contribution in [1.29, 1.82) is 0 Å². The molecule has 0 unspecified atom stereocenters. The molecule has 0 fully saturated rings. The van der Waals surface area contributed by atoms with E-state index in [-0.39, 0.29) is 35.2 Å². The molecular weight excluding hydrogens is 452 g/mol. The molecule has 4 aromatic rings. The van der Waals surface area contributed by atoms with Crippen molar-refractivity contribution in [3.05, 3.63) is 74.9 Å². The second kappa shape index (κ2) is 10.3. The van der Waals surface area contributed by atoms with E-state index in [1.807, 2.05) is 6.92 Å². The van der Waals surface area contributed by atoms with Gasteiger partial charge in [-0.25, -0.2) is 0 Å². The summed E-state index contributed by atoms with van der Waals surface area (Å²) in [5.41, 5.74) is 0.413. The van der Waals surface area contributed by atoms with Crippen molar-refractivity contribution in [2.45, 2.75) is 32.7 Å². The molecule has 2 N–H and O–H groups in total. The lowest BCUT2D eigenvalue weighted by molar-refractivity contribution is 0.396. The van der Waals surface area contributed by atoms with E-state index in [1.54, 1.807) is 36.5 Å². The third-order valence-corrected chi connectivity index (χ3v) is 5.61. The lowest BCUT2D eigenvalue weighted by atomic mass is 9.96. The van der Waals surface area contributed by atoms with Crippen LogP contribution in [0.1, 0.15) is 31.4 Å². The van der Waals surface area contributed by atoms with Gasteiger partial charge >= 0.3 is 0 Å². The smallest absolute Gasteiger partial charge is 0.264 e. The van der Waals surface area contributed by atoms with Gasteiger partial charge in [0.2, 0.25) is 5.89 Å². The highest BCUT2D eigenvalue weighted by Crippen LogP contribution is 2.46. The topological polar surface area (TPSA) is 132 Å². The normalized spacial score (nSPS) is 10.9. The highest BCUT2D eigenvalue weighted by Gasteiger charge is 2.27. The number of hydrogen-bond donors (Lipinski definition) is 2. The Morgan fingerprint density at radius 3 is 2.40 bits per heavy atom. The number of unbranched alkanes of at least 4 members (excludes halogenated alkanes) is 1. The summed E-state index contributed by atoms with van der Waals surface area (Å²) in [5.74, 6) is 0.545. The first-order chi connectivity index (χ1) is 17.0. The highest BCUT2D eigenvalue weighted by molar-refractivity contribution is 5.86. The summed E-state index contributed by atoms with van der Waals surface area (Å²) in [6, 6.07) is 10.0. The van der Waals surface area contributed by atoms with Crippen LogP contribution in [0.4, 0.5) is 0 Å². The van der Waals surface area contributed by atoms with Gasteiger partial charge in [0.25, 0.3) is 17.0 Å². The third-order valence-electron chi connectivity index (χ3n) is 5.61. The predicted molar refractivity (Wildman–Crippen MR) is 129 cm³/mol. The van der Waals surface area contributed by atoms with Gasteiger partial charge in [0.05, 0.1) is 25.3 Å². The fraction of sp³-hybridized carbons (Fsp3) is 0.280. The summed E-state index contributed by atoms with van der Waals surface area (Å²) in [6.45, 7) is 2.06. The SMILES string of the molecule is CCCCc1[nH]c(=O)c(-c2nnc(Cn3ccccc3=O)o2)c(O)c1-c1c(OC)cccc1OC. The fourth-order valence-electron chi connectivity index (χ4n) is 3.90. The number of methoxy groups -OCH3 is 2. The molecule has 10 nitrogen and oxygen atoms in total. The molecule has 3 heterocycles. The summed E-state index contributed by atoms with van der Waals surface area (Å²) < 4.78 is 18.2. The van der Waals surface area contributed by atoms with E-state index in [0.717, 1.165) is 12.8 Å². The Kier molecular flexibility index (Phi) is 7.00. The van der Waals surface area contributed by atoms with Crippen molar-refractivity contribution in [3.8, 4) is 39.8 Å². The van der Waals surface area contributed by atoms with Crippen molar-refractivity contribution < 1.29 is 19.0 Å². The second-order valence-electron chi connectivity index (χ2n) is 7.84. The van der Waals surface area contributed by atoms with E-state index in [0.29, 0.717) is 34.7 Å². The molecule has 0 bridgehead atoms. The largest absolute Gasteiger partial charge is 0.506 e. The minimum atomic E-state index is -0.571. The zero-order valence-corrected chi connectivity index (χ0v) is 19.7. The minimum absolute atomic E-state index is 0.0209. The Morgan fingerprint density at radius 1 is 1.00 bits per heavy atom. The summed E-state index contributed by atoms with van der Waals surface area (Å²) in [4.78, 5) is 28.0. The number of rotatable bonds is 9. The predicted octanol–water partition coefficient (Wildman–Crippen LogP) is 3.37. The third kappa shape index (κ3) is 4.68. The van der Waals surface area contributed by atoms with Crippen molar-refractivity contribution in [1.82, 2.24) is 19.7 Å². The van der Waals surface area contributed by atoms with Gasteiger partial charge in [-0.05, 0) is 31.0 Å². The Morgan fingerprint density at radius 2 is 1.74 bits per heavy atom. The van der Waals surface area contributed by atoms with E-state index < -0.39 is 5.56 Å². The highest BCUT2D eigenvalue weighted by atomic mass is 16.5. The number of aromatic hydroxyl groups is 1. The van der Waals surface area contributed by atoms with Crippen molar-refractivity contribution in [2.75, 3.05) is 14.2 Å². The molecule has 0 aliphatic rings. The maximum Gasteiger partial charge on any atom is 0.264 e. The van der Waals surface area contributed by atoms with Crippen LogP contribution in [0.2, 0.25) is 0 Å². The second-order valence-corrected chi connectivity index (χ2v) is 7.84. The standard InChI is InChI=1S/C25H26N4O6/c1-4-5-9-15-20(21-16(33-2)10-8-11-17(21)34-3)23(31)22(24(32)26-15)25-28-27-18(35-25)14-29-13-7-6-12-19(29)30/h6-8,10-13H,4-5,9,14H2,1-3H3,(H2,26,31,32). The van der Waals surface area contributed by atoms with Gasteiger partial charge in [0, 0.05) is 18.0 Å². The maximum absolute atomic E-state index is 13.1. The average Bonchev–Trinajstić information content (AvgIpc) is 3.31. The first kappa shape index (κ1) is 23.8. The van der Waals surface area contributed by atoms with Crippen molar-refractivity contribution in [3.63, 3.8) is 0 Å². The summed E-state index contributed by atoms with van der Waals surface area (Å²) in [7, 11) is 3.03. The van der Waals surface area contributed by atoms with E-state index in [1.165, 1.54) is 24.9 Å². The van der Waals surface area contributed by atoms with Crippen LogP contribution in [-0.2, 0) is 13.0 Å². The molecule has 0 radical (unpaired) electrons. The van der Waals surface area contributed by atoms with Crippen LogP contribution < -0.4 is 20.6 Å². The van der Waals surface area contributed by atoms with E-state index in [4.69, 9.17) is 13.9 Å². The first-order valence-electron chi connectivity index (χ1n) is 11.2. The molecule has 0 atom stereocenters. The van der Waals surface area contributed by atoms with Crippen LogP contribution >= 0.6 is 0 Å². The van der Waals surface area contributed by atoms with Crippen LogP contribution in [-0.4, -0.2) is 39.1 Å². The van der Waals surface area contributed by atoms with Gasteiger partial charge in [-0.2, -0.15) is 0 Å². The van der Waals surface area contributed by atoms with Crippen molar-refractivity contribution in [2.24, 2.45) is 0 Å². The lowest BCUT2D eigenvalue weighted by Crippen LogP contribution is -2.18. The number of pyridine rings is 2. The molecule has 3 aromatic heterocycles. The number of benzene rings is 1. The quantitative estimate of drug-likeness (QED) is 0.374. The molecule has 4 rings (SSSR count). The average molecular weight is 479 g/mol. The molecule has 1 aromatic carbocycles. The number of nitrogens with one attached hydrogen (secondary N) is 1. The van der Waals surface area contributed by atoms with Crippen LogP contribution in [0, 0.1) is 0 Å². The van der Waals surface area contributed by atoms with Gasteiger partial charge in [-0.1, -0.05) is 25.5 Å². The Labute approximate surface area is 200 Å².